The van der Waals surface area contributed by atoms with Gasteiger partial charge in [0.2, 0.25) is 0 Å². The first-order valence-electron chi connectivity index (χ1n) is 43.4. The van der Waals surface area contributed by atoms with Crippen molar-refractivity contribution in [1.82, 2.24) is 0 Å². The predicted octanol–water partition coefficient (Wildman–Crippen LogP) is 25.3. The Labute approximate surface area is 632 Å². The highest BCUT2D eigenvalue weighted by atomic mass is 31.2. The Hall–Kier alpha value is -1.94. The second-order valence-electron chi connectivity index (χ2n) is 31.4. The van der Waals surface area contributed by atoms with Crippen LogP contribution >= 0.6 is 15.6 Å². The fourth-order valence-corrected chi connectivity index (χ4v) is 14.6. The van der Waals surface area contributed by atoms with E-state index in [0.717, 1.165) is 114 Å². The molecule has 612 valence electrons. The largest absolute Gasteiger partial charge is 0.472 e. The second-order valence-corrected chi connectivity index (χ2v) is 34.3. The van der Waals surface area contributed by atoms with Gasteiger partial charge in [-0.25, -0.2) is 9.13 Å². The van der Waals surface area contributed by atoms with Gasteiger partial charge in [-0.15, -0.1) is 0 Å². The van der Waals surface area contributed by atoms with Crippen LogP contribution < -0.4 is 0 Å². The number of ether oxygens (including phenoxy) is 4. The number of carbonyl (C=O) groups excluding carboxylic acids is 4. The standard InChI is InChI=1S/C84H164O17P2/c1-8-10-11-12-13-14-15-16-17-18-19-20-21-22-23-28-31-34-39-44-53-60-67-83(88)100-79(71-94-81(86)65-58-51-43-38-33-30-27-25-24-26-29-32-36-41-48-55-62-75(3)4)73-98-102(90,91)96-69-78(85)70-97-103(92,93)99-74-80(72-95-82(87)66-59-52-47-46-50-57-64-77(7)9-2)101-84(89)68-61-54-45-40-35-37-42-49-56-63-76(5)6/h75-80,85H,8-74H2,1-7H3,(H,90,91)(H,92,93)/t77?,78-,79-,80-/m1/s1. The van der Waals surface area contributed by atoms with Crippen molar-refractivity contribution >= 4 is 39.5 Å². The highest BCUT2D eigenvalue weighted by molar-refractivity contribution is 7.47. The van der Waals surface area contributed by atoms with Crippen LogP contribution in [0, 0.1) is 17.8 Å². The first-order valence-corrected chi connectivity index (χ1v) is 46.4. The third-order valence-corrected chi connectivity index (χ3v) is 21.9. The normalized spacial score (nSPS) is 14.2. The van der Waals surface area contributed by atoms with Gasteiger partial charge in [0.1, 0.15) is 19.3 Å². The molecule has 19 heteroatoms. The van der Waals surface area contributed by atoms with Crippen LogP contribution in [-0.2, 0) is 65.4 Å². The van der Waals surface area contributed by atoms with Crippen molar-refractivity contribution in [2.75, 3.05) is 39.6 Å². The summed E-state index contributed by atoms with van der Waals surface area (Å²) in [5.74, 6) is 0.168. The van der Waals surface area contributed by atoms with Gasteiger partial charge in [-0.1, -0.05) is 389 Å². The van der Waals surface area contributed by atoms with Crippen LogP contribution in [0.4, 0.5) is 0 Å². The maximum atomic E-state index is 13.1. The van der Waals surface area contributed by atoms with E-state index in [4.69, 9.17) is 37.0 Å². The lowest BCUT2D eigenvalue weighted by Gasteiger charge is -2.21. The summed E-state index contributed by atoms with van der Waals surface area (Å²) in [6.07, 6.45) is 64.1. The van der Waals surface area contributed by atoms with Crippen molar-refractivity contribution in [1.29, 1.82) is 0 Å². The molecule has 0 aliphatic heterocycles. The summed E-state index contributed by atoms with van der Waals surface area (Å²) in [5.41, 5.74) is 0. The molecule has 0 aromatic heterocycles. The summed E-state index contributed by atoms with van der Waals surface area (Å²) < 4.78 is 68.8. The zero-order chi connectivity index (χ0) is 75.8. The van der Waals surface area contributed by atoms with Crippen LogP contribution in [0.5, 0.6) is 0 Å². The van der Waals surface area contributed by atoms with E-state index in [-0.39, 0.29) is 25.7 Å². The number of hydrogen-bond donors (Lipinski definition) is 3. The Kier molecular flexibility index (Phi) is 72.8. The molecule has 6 atom stereocenters. The first kappa shape index (κ1) is 101. The van der Waals surface area contributed by atoms with Crippen molar-refractivity contribution in [2.24, 2.45) is 17.8 Å². The van der Waals surface area contributed by atoms with Crippen LogP contribution in [0.15, 0.2) is 0 Å². The molecule has 0 fully saturated rings. The minimum absolute atomic E-state index is 0.105. The van der Waals surface area contributed by atoms with Gasteiger partial charge in [0.25, 0.3) is 0 Å². The maximum absolute atomic E-state index is 13.1. The Balaban J connectivity index is 5.21. The van der Waals surface area contributed by atoms with Crippen molar-refractivity contribution < 1.29 is 80.2 Å². The van der Waals surface area contributed by atoms with Gasteiger partial charge in [0.15, 0.2) is 12.2 Å². The van der Waals surface area contributed by atoms with Crippen LogP contribution in [0.3, 0.4) is 0 Å². The number of hydrogen-bond acceptors (Lipinski definition) is 15. The average molecular weight is 1510 g/mol. The van der Waals surface area contributed by atoms with Gasteiger partial charge < -0.3 is 33.8 Å². The number of phosphoric acid groups is 2. The molecule has 0 aromatic rings. The lowest BCUT2D eigenvalue weighted by atomic mass is 10.00. The zero-order valence-electron chi connectivity index (χ0n) is 67.8. The van der Waals surface area contributed by atoms with Gasteiger partial charge in [-0.3, -0.25) is 37.3 Å². The number of rotatable bonds is 82. The third kappa shape index (κ3) is 76.6. The molecule has 0 bridgehead atoms. The van der Waals surface area contributed by atoms with Crippen LogP contribution in [0.25, 0.3) is 0 Å². The van der Waals surface area contributed by atoms with Crippen LogP contribution in [0.1, 0.15) is 440 Å². The monoisotopic (exact) mass is 1510 g/mol. The van der Waals surface area contributed by atoms with E-state index >= 15 is 0 Å². The molecule has 0 aliphatic rings. The summed E-state index contributed by atoms with van der Waals surface area (Å²) >= 11 is 0. The number of aliphatic hydroxyl groups excluding tert-OH is 1. The fourth-order valence-electron chi connectivity index (χ4n) is 13.0. The van der Waals surface area contributed by atoms with E-state index < -0.39 is 97.5 Å². The summed E-state index contributed by atoms with van der Waals surface area (Å²) in [6.45, 7) is 11.9. The van der Waals surface area contributed by atoms with Gasteiger partial charge in [-0.05, 0) is 43.4 Å². The SMILES string of the molecule is CCCCCCCCCCCCCCCCCCCCCCCCC(=O)O[C@H](COC(=O)CCCCCCCCCCCCCCCCCCC(C)C)COP(=O)(O)OC[C@@H](O)COP(=O)(O)OC[C@@H](COC(=O)CCCCCCCCC(C)CC)OC(=O)CCCCCCCCCCCC(C)C. The number of esters is 4. The number of phosphoric ester groups is 2. The molecule has 0 heterocycles. The molecule has 0 amide bonds. The molecule has 3 unspecified atom stereocenters. The first-order chi connectivity index (χ1) is 49.8. The van der Waals surface area contributed by atoms with Crippen molar-refractivity contribution in [3.05, 3.63) is 0 Å². The molecule has 0 aliphatic carbocycles. The van der Waals surface area contributed by atoms with Crippen molar-refractivity contribution in [3.63, 3.8) is 0 Å². The van der Waals surface area contributed by atoms with E-state index in [1.807, 2.05) is 0 Å². The van der Waals surface area contributed by atoms with Crippen LogP contribution in [-0.4, -0.2) is 96.7 Å². The predicted molar refractivity (Wildman–Crippen MR) is 423 cm³/mol. The molecule has 0 spiro atoms. The molecule has 17 nitrogen and oxygen atoms in total. The second kappa shape index (κ2) is 74.2. The van der Waals surface area contributed by atoms with E-state index in [9.17, 15) is 43.2 Å². The summed E-state index contributed by atoms with van der Waals surface area (Å²) in [4.78, 5) is 73.1. The molecule has 0 aromatic carbocycles. The summed E-state index contributed by atoms with van der Waals surface area (Å²) in [5, 5.41) is 10.7. The molecule has 0 rings (SSSR count). The highest BCUT2D eigenvalue weighted by Gasteiger charge is 2.30. The fraction of sp³-hybridized carbons (Fsp3) is 0.952. The highest BCUT2D eigenvalue weighted by Crippen LogP contribution is 2.45. The van der Waals surface area contributed by atoms with Gasteiger partial charge in [-0.2, -0.15) is 0 Å². The molecular formula is C84H164O17P2. The quantitative estimate of drug-likeness (QED) is 0.0222. The maximum Gasteiger partial charge on any atom is 0.472 e. The third-order valence-electron chi connectivity index (χ3n) is 20.0. The lowest BCUT2D eigenvalue weighted by Crippen LogP contribution is -2.30. The van der Waals surface area contributed by atoms with Crippen LogP contribution in [0.2, 0.25) is 0 Å². The minimum atomic E-state index is -4.96. The average Bonchev–Trinajstić information content (AvgIpc) is 0.910. The molecule has 103 heavy (non-hydrogen) atoms. The topological polar surface area (TPSA) is 237 Å². The van der Waals surface area contributed by atoms with Gasteiger partial charge in [0, 0.05) is 25.7 Å². The molecule has 3 N–H and O–H groups in total. The van der Waals surface area contributed by atoms with E-state index in [1.165, 1.54) is 244 Å². The van der Waals surface area contributed by atoms with Crippen molar-refractivity contribution in [2.45, 2.75) is 458 Å². The molecule has 0 saturated carbocycles. The van der Waals surface area contributed by atoms with E-state index in [1.54, 1.807) is 0 Å². The van der Waals surface area contributed by atoms with E-state index in [0.29, 0.717) is 25.7 Å². The number of unbranched alkanes of at least 4 members (excludes halogenated alkanes) is 49. The minimum Gasteiger partial charge on any atom is -0.462 e. The summed E-state index contributed by atoms with van der Waals surface area (Å²) in [7, 11) is -9.92. The number of carbonyl (C=O) groups is 4. The molecule has 0 radical (unpaired) electrons. The smallest absolute Gasteiger partial charge is 0.462 e. The Morgan fingerprint density at radius 3 is 0.738 bits per heavy atom. The Bertz CT molecular complexity index is 1990. The molecule has 0 saturated heterocycles. The lowest BCUT2D eigenvalue weighted by molar-refractivity contribution is -0.161. The Morgan fingerprint density at radius 1 is 0.282 bits per heavy atom. The van der Waals surface area contributed by atoms with Gasteiger partial charge in [0.05, 0.1) is 26.4 Å². The van der Waals surface area contributed by atoms with Gasteiger partial charge >= 0.3 is 39.5 Å². The van der Waals surface area contributed by atoms with Crippen molar-refractivity contribution in [3.8, 4) is 0 Å². The summed E-state index contributed by atoms with van der Waals surface area (Å²) in [6, 6.07) is 0. The molecular weight excluding hydrogens is 1340 g/mol. The zero-order valence-corrected chi connectivity index (χ0v) is 69.6. The Morgan fingerprint density at radius 2 is 0.495 bits per heavy atom. The van der Waals surface area contributed by atoms with E-state index in [2.05, 4.69) is 48.5 Å². The number of aliphatic hydroxyl groups is 1.